The highest BCUT2D eigenvalue weighted by atomic mass is 14.1. The Morgan fingerprint density at radius 3 is 1.00 bits per heavy atom. The van der Waals surface area contributed by atoms with Crippen LogP contribution in [0.2, 0.25) is 0 Å². The summed E-state index contributed by atoms with van der Waals surface area (Å²) in [4.78, 5) is 0. The molecule has 0 aromatic rings. The number of hydrogen-bond donors (Lipinski definition) is 0. The molecule has 0 aliphatic rings. The van der Waals surface area contributed by atoms with Crippen LogP contribution in [0.4, 0.5) is 0 Å². The second kappa shape index (κ2) is 3.93. The van der Waals surface area contributed by atoms with E-state index < -0.39 is 0 Å². The number of hydrogen-bond acceptors (Lipinski definition) is 0. The molecule has 0 saturated heterocycles. The third kappa shape index (κ3) is 9.48. The molecule has 0 radical (unpaired) electrons. The van der Waals surface area contributed by atoms with Gasteiger partial charge in [0, 0.05) is 0 Å². The van der Waals surface area contributed by atoms with E-state index in [0.29, 0.717) is 10.8 Å². The minimum atomic E-state index is 0.294. The molecule has 0 aromatic heterocycles. The quantitative estimate of drug-likeness (QED) is 0.512. The van der Waals surface area contributed by atoms with Crippen LogP contribution in [-0.2, 0) is 0 Å². The van der Waals surface area contributed by atoms with Crippen molar-refractivity contribution < 1.29 is 0 Å². The summed E-state index contributed by atoms with van der Waals surface area (Å²) < 4.78 is 0. The van der Waals surface area contributed by atoms with Crippen LogP contribution >= 0.6 is 0 Å². The van der Waals surface area contributed by atoms with Crippen molar-refractivity contribution in [3.05, 3.63) is 24.3 Å². The lowest BCUT2D eigenvalue weighted by Crippen LogP contribution is -1.99. The molecule has 0 unspecified atom stereocenters. The highest BCUT2D eigenvalue weighted by Crippen LogP contribution is 2.16. The molecule has 0 nitrogen and oxygen atoms in total. The molecule has 0 fully saturated rings. The number of rotatable bonds is 1. The molecule has 0 bridgehead atoms. The first-order valence-corrected chi connectivity index (χ1v) is 4.58. The summed E-state index contributed by atoms with van der Waals surface area (Å²) >= 11 is 0. The van der Waals surface area contributed by atoms with Crippen LogP contribution in [0, 0.1) is 10.8 Å². The molecule has 0 spiro atoms. The van der Waals surface area contributed by atoms with Gasteiger partial charge in [-0.3, -0.25) is 0 Å². The predicted molar refractivity (Wildman–Crippen MR) is 57.2 cm³/mol. The second-order valence-corrected chi connectivity index (χ2v) is 5.45. The Balaban J connectivity index is 4.00. The van der Waals surface area contributed by atoms with Crippen LogP contribution in [0.5, 0.6) is 0 Å². The SMILES string of the molecule is CC(C)(C)/C=C\C=C/C(C)(C)C. The van der Waals surface area contributed by atoms with Gasteiger partial charge in [-0.1, -0.05) is 65.8 Å². The molecule has 12 heavy (non-hydrogen) atoms. The molecule has 0 amide bonds. The highest BCUT2D eigenvalue weighted by Gasteiger charge is 2.03. The molecule has 0 rings (SSSR count). The third-order valence-electron chi connectivity index (χ3n) is 1.30. The maximum absolute atomic E-state index is 2.22. The molecule has 0 saturated carbocycles. The zero-order chi connectivity index (χ0) is 9.83. The molecule has 0 heterocycles. The summed E-state index contributed by atoms with van der Waals surface area (Å²) in [5, 5.41) is 0. The fourth-order valence-electron chi connectivity index (χ4n) is 0.688. The molecule has 0 aliphatic heterocycles. The Morgan fingerprint density at radius 1 is 0.583 bits per heavy atom. The molecular weight excluding hydrogens is 144 g/mol. The van der Waals surface area contributed by atoms with Crippen LogP contribution in [0.3, 0.4) is 0 Å². The van der Waals surface area contributed by atoms with E-state index in [1.165, 1.54) is 0 Å². The predicted octanol–water partition coefficient (Wildman–Crippen LogP) is 4.19. The van der Waals surface area contributed by atoms with Gasteiger partial charge in [-0.25, -0.2) is 0 Å². The Kier molecular flexibility index (Phi) is 3.76. The van der Waals surface area contributed by atoms with E-state index in [0.717, 1.165) is 0 Å². The summed E-state index contributed by atoms with van der Waals surface area (Å²) in [5.74, 6) is 0. The van der Waals surface area contributed by atoms with Crippen molar-refractivity contribution in [1.82, 2.24) is 0 Å². The largest absolute Gasteiger partial charge is 0.0791 e. The Labute approximate surface area is 77.4 Å². The fraction of sp³-hybridized carbons (Fsp3) is 0.667. The monoisotopic (exact) mass is 166 g/mol. The smallest absolute Gasteiger partial charge is 0.0200 e. The van der Waals surface area contributed by atoms with Gasteiger partial charge in [0.2, 0.25) is 0 Å². The van der Waals surface area contributed by atoms with Gasteiger partial charge in [0.1, 0.15) is 0 Å². The van der Waals surface area contributed by atoms with Crippen LogP contribution in [0.1, 0.15) is 41.5 Å². The standard InChI is InChI=1S/C12H22/c1-11(2,3)9-7-8-10-12(4,5)6/h7-10H,1-6H3/b9-7-,10-8-. The van der Waals surface area contributed by atoms with Gasteiger partial charge in [-0.05, 0) is 10.8 Å². The zero-order valence-corrected chi connectivity index (χ0v) is 9.31. The Bertz CT molecular complexity index is 147. The first-order chi connectivity index (χ1) is 5.21. The summed E-state index contributed by atoms with van der Waals surface area (Å²) in [6, 6.07) is 0. The van der Waals surface area contributed by atoms with Gasteiger partial charge in [0.05, 0.1) is 0 Å². The molecule has 0 atom stereocenters. The van der Waals surface area contributed by atoms with Crippen molar-refractivity contribution in [2.75, 3.05) is 0 Å². The van der Waals surface area contributed by atoms with Gasteiger partial charge in [0.15, 0.2) is 0 Å². The lowest BCUT2D eigenvalue weighted by molar-refractivity contribution is 0.539. The molecular formula is C12H22. The van der Waals surface area contributed by atoms with E-state index in [2.05, 4.69) is 65.8 Å². The lowest BCUT2D eigenvalue weighted by Gasteiger charge is -2.12. The van der Waals surface area contributed by atoms with Gasteiger partial charge in [-0.2, -0.15) is 0 Å². The maximum Gasteiger partial charge on any atom is -0.0200 e. The minimum Gasteiger partial charge on any atom is -0.0791 e. The van der Waals surface area contributed by atoms with Crippen molar-refractivity contribution in [2.24, 2.45) is 10.8 Å². The molecule has 0 aromatic carbocycles. The minimum absolute atomic E-state index is 0.294. The first-order valence-electron chi connectivity index (χ1n) is 4.58. The molecule has 0 aliphatic carbocycles. The van der Waals surface area contributed by atoms with Crippen LogP contribution in [0.25, 0.3) is 0 Å². The van der Waals surface area contributed by atoms with Gasteiger partial charge in [-0.15, -0.1) is 0 Å². The van der Waals surface area contributed by atoms with E-state index in [1.54, 1.807) is 0 Å². The van der Waals surface area contributed by atoms with E-state index in [1.807, 2.05) is 0 Å². The van der Waals surface area contributed by atoms with E-state index >= 15 is 0 Å². The maximum atomic E-state index is 2.22. The van der Waals surface area contributed by atoms with E-state index in [9.17, 15) is 0 Å². The van der Waals surface area contributed by atoms with E-state index in [4.69, 9.17) is 0 Å². The van der Waals surface area contributed by atoms with Crippen molar-refractivity contribution in [1.29, 1.82) is 0 Å². The summed E-state index contributed by atoms with van der Waals surface area (Å²) in [7, 11) is 0. The highest BCUT2D eigenvalue weighted by molar-refractivity contribution is 5.08. The summed E-state index contributed by atoms with van der Waals surface area (Å²) in [5.41, 5.74) is 0.588. The zero-order valence-electron chi connectivity index (χ0n) is 9.31. The first kappa shape index (κ1) is 11.5. The Morgan fingerprint density at radius 2 is 0.833 bits per heavy atom. The average molecular weight is 166 g/mol. The molecule has 70 valence electrons. The average Bonchev–Trinajstić information content (AvgIpc) is 1.76. The molecule has 0 N–H and O–H groups in total. The van der Waals surface area contributed by atoms with Crippen LogP contribution in [0.15, 0.2) is 24.3 Å². The van der Waals surface area contributed by atoms with Crippen LogP contribution < -0.4 is 0 Å². The summed E-state index contributed by atoms with van der Waals surface area (Å²) in [6.45, 7) is 13.2. The third-order valence-corrected chi connectivity index (χ3v) is 1.30. The van der Waals surface area contributed by atoms with Gasteiger partial charge in [0.25, 0.3) is 0 Å². The Hall–Kier alpha value is -0.520. The van der Waals surface area contributed by atoms with Crippen molar-refractivity contribution in [3.63, 3.8) is 0 Å². The topological polar surface area (TPSA) is 0 Å². The van der Waals surface area contributed by atoms with Crippen LogP contribution in [-0.4, -0.2) is 0 Å². The lowest BCUT2D eigenvalue weighted by atomic mass is 9.94. The summed E-state index contributed by atoms with van der Waals surface area (Å²) in [6.07, 6.45) is 8.70. The normalized spacial score (nSPS) is 14.8. The fourth-order valence-corrected chi connectivity index (χ4v) is 0.688. The van der Waals surface area contributed by atoms with E-state index in [-0.39, 0.29) is 0 Å². The van der Waals surface area contributed by atoms with Crippen molar-refractivity contribution >= 4 is 0 Å². The molecule has 0 heteroatoms. The van der Waals surface area contributed by atoms with Crippen molar-refractivity contribution in [2.45, 2.75) is 41.5 Å². The number of allylic oxidation sites excluding steroid dienone is 4. The second-order valence-electron chi connectivity index (χ2n) is 5.45. The van der Waals surface area contributed by atoms with Crippen molar-refractivity contribution in [3.8, 4) is 0 Å². The van der Waals surface area contributed by atoms with Gasteiger partial charge < -0.3 is 0 Å². The van der Waals surface area contributed by atoms with Gasteiger partial charge >= 0.3 is 0 Å².